The summed E-state index contributed by atoms with van der Waals surface area (Å²) >= 11 is 0. The second-order valence-corrected chi connectivity index (χ2v) is 7.33. The van der Waals surface area contributed by atoms with E-state index in [9.17, 15) is 35.9 Å². The van der Waals surface area contributed by atoms with Crippen molar-refractivity contribution in [2.24, 2.45) is 0 Å². The molecular formula is C24H18F6N2O6. The van der Waals surface area contributed by atoms with Crippen LogP contribution in [0.2, 0.25) is 0 Å². The minimum Gasteiger partial charge on any atom is -0.457 e. The third-order valence-corrected chi connectivity index (χ3v) is 4.71. The Morgan fingerprint density at radius 2 is 0.947 bits per heavy atom. The van der Waals surface area contributed by atoms with Gasteiger partial charge in [-0.1, -0.05) is 0 Å². The first-order valence-corrected chi connectivity index (χ1v) is 10.4. The van der Waals surface area contributed by atoms with Crippen molar-refractivity contribution in [1.82, 2.24) is 0 Å². The number of ether oxygens (including phenoxy) is 4. The van der Waals surface area contributed by atoms with Crippen LogP contribution in [0.3, 0.4) is 0 Å². The molecule has 0 saturated carbocycles. The molecule has 0 radical (unpaired) electrons. The lowest BCUT2D eigenvalue weighted by Gasteiger charge is -2.17. The maximum Gasteiger partial charge on any atom is 0.420 e. The summed E-state index contributed by atoms with van der Waals surface area (Å²) in [5.74, 6) is -1.33. The summed E-state index contributed by atoms with van der Waals surface area (Å²) in [6.45, 7) is 0. The number of nitrogens with one attached hydrogen (secondary N) is 2. The number of amides is 2. The Kier molecular flexibility index (Phi) is 8.23. The first-order chi connectivity index (χ1) is 17.8. The number of methoxy groups -OCH3 is 2. The van der Waals surface area contributed by atoms with Crippen LogP contribution in [0.25, 0.3) is 0 Å². The van der Waals surface area contributed by atoms with Crippen LogP contribution in [0.15, 0.2) is 60.7 Å². The summed E-state index contributed by atoms with van der Waals surface area (Å²) in [6.07, 6.45) is -11.6. The molecule has 38 heavy (non-hydrogen) atoms. The molecule has 0 heterocycles. The van der Waals surface area contributed by atoms with Gasteiger partial charge in [-0.2, -0.15) is 26.3 Å². The van der Waals surface area contributed by atoms with E-state index >= 15 is 0 Å². The van der Waals surface area contributed by atoms with Gasteiger partial charge in [0.25, 0.3) is 0 Å². The fourth-order valence-corrected chi connectivity index (χ4v) is 3.00. The predicted molar refractivity (Wildman–Crippen MR) is 122 cm³/mol. The van der Waals surface area contributed by atoms with Crippen molar-refractivity contribution in [3.8, 4) is 23.0 Å². The minimum atomic E-state index is -4.84. The van der Waals surface area contributed by atoms with Gasteiger partial charge in [-0.15, -0.1) is 0 Å². The largest absolute Gasteiger partial charge is 0.457 e. The van der Waals surface area contributed by atoms with Crippen LogP contribution in [-0.2, 0) is 21.8 Å². The summed E-state index contributed by atoms with van der Waals surface area (Å²) < 4.78 is 101. The Morgan fingerprint density at radius 3 is 1.24 bits per heavy atom. The lowest BCUT2D eigenvalue weighted by atomic mass is 10.1. The third-order valence-electron chi connectivity index (χ3n) is 4.71. The van der Waals surface area contributed by atoms with Gasteiger partial charge in [-0.3, -0.25) is 10.6 Å². The van der Waals surface area contributed by atoms with Crippen molar-refractivity contribution in [2.45, 2.75) is 12.4 Å². The van der Waals surface area contributed by atoms with Crippen molar-refractivity contribution < 1.29 is 54.9 Å². The summed E-state index contributed by atoms with van der Waals surface area (Å²) in [5, 5.41) is 4.23. The van der Waals surface area contributed by atoms with Gasteiger partial charge >= 0.3 is 24.5 Å². The highest BCUT2D eigenvalue weighted by molar-refractivity contribution is 5.85. The van der Waals surface area contributed by atoms with Gasteiger partial charge in [0.2, 0.25) is 0 Å². The number of rotatable bonds is 6. The molecule has 3 aromatic carbocycles. The molecule has 202 valence electrons. The van der Waals surface area contributed by atoms with Crippen molar-refractivity contribution in [2.75, 3.05) is 24.9 Å². The summed E-state index contributed by atoms with van der Waals surface area (Å²) in [7, 11) is 2.10. The van der Waals surface area contributed by atoms with Crippen molar-refractivity contribution in [3.05, 3.63) is 71.8 Å². The molecule has 0 spiro atoms. The molecule has 8 nitrogen and oxygen atoms in total. The smallest absolute Gasteiger partial charge is 0.420 e. The lowest BCUT2D eigenvalue weighted by Crippen LogP contribution is -2.13. The number of hydrogen-bond acceptors (Lipinski definition) is 6. The first kappa shape index (κ1) is 28.0. The molecule has 0 unspecified atom stereocenters. The Bertz CT molecular complexity index is 1210. The molecule has 0 aliphatic rings. The van der Waals surface area contributed by atoms with Gasteiger partial charge in [0.05, 0.1) is 14.2 Å². The van der Waals surface area contributed by atoms with E-state index < -0.39 is 47.2 Å². The minimum absolute atomic E-state index is 0.0785. The quantitative estimate of drug-likeness (QED) is 0.310. The molecule has 3 aromatic rings. The number of hydrogen-bond donors (Lipinski definition) is 2. The number of halogens is 6. The highest BCUT2D eigenvalue weighted by atomic mass is 19.4. The molecule has 0 aliphatic heterocycles. The number of anilines is 2. The molecule has 0 bridgehead atoms. The second kappa shape index (κ2) is 11.2. The molecule has 14 heteroatoms. The summed E-state index contributed by atoms with van der Waals surface area (Å²) in [5.41, 5.74) is -2.76. The van der Waals surface area contributed by atoms with Crippen molar-refractivity contribution >= 4 is 23.6 Å². The monoisotopic (exact) mass is 544 g/mol. The van der Waals surface area contributed by atoms with E-state index in [0.29, 0.717) is 12.1 Å². The zero-order valence-electron chi connectivity index (χ0n) is 19.5. The number of carbonyl (C=O) groups excluding carboxylic acids is 2. The van der Waals surface area contributed by atoms with Gasteiger partial charge in [-0.25, -0.2) is 9.59 Å². The van der Waals surface area contributed by atoms with Crippen LogP contribution < -0.4 is 20.1 Å². The van der Waals surface area contributed by atoms with Gasteiger partial charge in [0, 0.05) is 11.4 Å². The van der Waals surface area contributed by atoms with Gasteiger partial charge < -0.3 is 18.9 Å². The summed E-state index contributed by atoms with van der Waals surface area (Å²) in [6, 6.07) is 10.4. The highest BCUT2D eigenvalue weighted by Crippen LogP contribution is 2.42. The molecular weight excluding hydrogens is 526 g/mol. The molecule has 2 amide bonds. The Balaban J connectivity index is 1.82. The van der Waals surface area contributed by atoms with Gasteiger partial charge in [-0.05, 0) is 60.7 Å². The Morgan fingerprint density at radius 1 is 0.605 bits per heavy atom. The number of carbonyl (C=O) groups is 2. The van der Waals surface area contributed by atoms with Crippen LogP contribution in [0.4, 0.5) is 47.3 Å². The van der Waals surface area contributed by atoms with Crippen LogP contribution in [0.5, 0.6) is 23.0 Å². The topological polar surface area (TPSA) is 95.1 Å². The zero-order chi connectivity index (χ0) is 28.1. The normalized spacial score (nSPS) is 11.4. The van der Waals surface area contributed by atoms with E-state index in [2.05, 4.69) is 20.1 Å². The second-order valence-electron chi connectivity index (χ2n) is 7.33. The van der Waals surface area contributed by atoms with Crippen LogP contribution in [0, 0.1) is 0 Å². The zero-order valence-corrected chi connectivity index (χ0v) is 19.5. The maximum atomic E-state index is 13.5. The lowest BCUT2D eigenvalue weighted by molar-refractivity contribution is -0.139. The Hall–Kier alpha value is -4.62. The molecule has 0 atom stereocenters. The first-order valence-electron chi connectivity index (χ1n) is 10.4. The average Bonchev–Trinajstić information content (AvgIpc) is 2.85. The van der Waals surface area contributed by atoms with Crippen LogP contribution in [-0.4, -0.2) is 26.4 Å². The fourth-order valence-electron chi connectivity index (χ4n) is 3.00. The molecule has 2 N–H and O–H groups in total. The summed E-state index contributed by atoms with van der Waals surface area (Å²) in [4.78, 5) is 22.6. The van der Waals surface area contributed by atoms with E-state index in [1.807, 2.05) is 0 Å². The SMILES string of the molecule is COC(=O)Nc1ccc(Oc2ccc(Oc3ccc(NC(=O)OC)cc3C(F)(F)F)cc2)c(C(F)(F)F)c1. The molecule has 0 aliphatic carbocycles. The van der Waals surface area contributed by atoms with Crippen LogP contribution >= 0.6 is 0 Å². The van der Waals surface area contributed by atoms with E-state index in [4.69, 9.17) is 9.47 Å². The molecule has 0 fully saturated rings. The average molecular weight is 544 g/mol. The van der Waals surface area contributed by atoms with Gasteiger partial charge in [0.15, 0.2) is 0 Å². The standard InChI is InChI=1S/C24H18F6N2O6/c1-35-21(33)31-13-3-9-19(17(11-13)23(25,26)27)37-15-5-7-16(8-6-15)38-20-10-4-14(32-22(34)36-2)12-18(20)24(28,29)30/h3-12H,1-2H3,(H,31,33)(H,32,34). The predicted octanol–water partition coefficient (Wildman–Crippen LogP) is 7.67. The van der Waals surface area contributed by atoms with Crippen molar-refractivity contribution in [1.29, 1.82) is 0 Å². The molecule has 3 rings (SSSR count). The fraction of sp³-hybridized carbons (Fsp3) is 0.167. The van der Waals surface area contributed by atoms with E-state index in [0.717, 1.165) is 38.5 Å². The third kappa shape index (κ3) is 7.21. The van der Waals surface area contributed by atoms with Crippen molar-refractivity contribution in [3.63, 3.8) is 0 Å². The Labute approximate surface area is 211 Å². The number of benzene rings is 3. The van der Waals surface area contributed by atoms with E-state index in [1.54, 1.807) is 0 Å². The van der Waals surface area contributed by atoms with E-state index in [-0.39, 0.29) is 22.9 Å². The molecule has 0 saturated heterocycles. The van der Waals surface area contributed by atoms with Crippen LogP contribution in [0.1, 0.15) is 11.1 Å². The van der Waals surface area contributed by atoms with E-state index in [1.165, 1.54) is 24.3 Å². The molecule has 0 aromatic heterocycles. The highest BCUT2D eigenvalue weighted by Gasteiger charge is 2.36. The maximum absolute atomic E-state index is 13.5. The van der Waals surface area contributed by atoms with Gasteiger partial charge in [0.1, 0.15) is 34.1 Å². The number of alkyl halides is 6.